The van der Waals surface area contributed by atoms with Gasteiger partial charge in [0.15, 0.2) is 17.1 Å². The zero-order valence-corrected chi connectivity index (χ0v) is 34.1. The number of nitrogen functional groups attached to an aromatic ring is 1. The second-order valence-corrected chi connectivity index (χ2v) is 17.4. The van der Waals surface area contributed by atoms with Crippen LogP contribution in [0.25, 0.3) is 33.2 Å². The van der Waals surface area contributed by atoms with E-state index in [0.29, 0.717) is 71.0 Å². The summed E-state index contributed by atoms with van der Waals surface area (Å²) in [6.07, 6.45) is -1.19. The third kappa shape index (κ3) is 6.79. The van der Waals surface area contributed by atoms with Gasteiger partial charge in [-0.05, 0) is 85.7 Å². The molecule has 5 fully saturated rings. The summed E-state index contributed by atoms with van der Waals surface area (Å²) in [5.41, 5.74) is 9.24. The number of aromatic nitrogens is 6. The number of ether oxygens (including phenoxy) is 2. The normalized spacial score (nSPS) is 23.6. The number of carbonyl (C=O) groups excluding carboxylic acids is 2. The number of hydrogen-bond acceptors (Lipinski definition) is 12. The van der Waals surface area contributed by atoms with Crippen molar-refractivity contribution in [2.45, 2.75) is 56.0 Å². The third-order valence-corrected chi connectivity index (χ3v) is 13.8. The van der Waals surface area contributed by atoms with Crippen molar-refractivity contribution < 1.29 is 36.6 Å². The van der Waals surface area contributed by atoms with Gasteiger partial charge in [-0.25, -0.2) is 14.6 Å². The Morgan fingerprint density at radius 2 is 1.56 bits per heavy atom. The fourth-order valence-corrected chi connectivity index (χ4v) is 10.4. The summed E-state index contributed by atoms with van der Waals surface area (Å²) in [6, 6.07) is 17.8. The molecule has 7 heterocycles. The van der Waals surface area contributed by atoms with Gasteiger partial charge in [0.2, 0.25) is 17.6 Å². The molecule has 0 bridgehead atoms. The van der Waals surface area contributed by atoms with Gasteiger partial charge in [0, 0.05) is 74.4 Å². The van der Waals surface area contributed by atoms with Crippen molar-refractivity contribution in [3.05, 3.63) is 78.5 Å². The molecule has 1 saturated carbocycles. The maximum atomic E-state index is 14.7. The van der Waals surface area contributed by atoms with Crippen LogP contribution in [-0.4, -0.2) is 110 Å². The van der Waals surface area contributed by atoms with Crippen molar-refractivity contribution in [2.75, 3.05) is 57.0 Å². The Labute approximate surface area is 357 Å². The van der Waals surface area contributed by atoms with E-state index in [1.807, 2.05) is 16.8 Å². The first-order valence-corrected chi connectivity index (χ1v) is 21.2. The summed E-state index contributed by atoms with van der Waals surface area (Å²) >= 11 is 0. The Balaban J connectivity index is 0.711. The van der Waals surface area contributed by atoms with Crippen molar-refractivity contribution in [1.82, 2.24) is 44.6 Å². The fourth-order valence-electron chi connectivity index (χ4n) is 10.4. The molecule has 0 radical (unpaired) electrons. The molecule has 326 valence electrons. The molecule has 3 atom stereocenters. The molecule has 3 N–H and O–H groups in total. The number of hydrogen-bond donors (Lipinski definition) is 2. The van der Waals surface area contributed by atoms with Gasteiger partial charge in [0.25, 0.3) is 0 Å². The highest BCUT2D eigenvalue weighted by molar-refractivity contribution is 6.03. The second-order valence-electron chi connectivity index (χ2n) is 17.4. The Kier molecular flexibility index (Phi) is 9.34. The predicted octanol–water partition coefficient (Wildman–Crippen LogP) is 5.82. The second kappa shape index (κ2) is 14.9. The first-order chi connectivity index (χ1) is 30.4. The molecule has 11 rings (SSSR count). The van der Waals surface area contributed by atoms with Gasteiger partial charge in [0.05, 0.1) is 35.7 Å². The van der Waals surface area contributed by atoms with E-state index in [2.05, 4.69) is 35.1 Å². The molecule has 63 heavy (non-hydrogen) atoms. The standard InChI is InChI=1S/C44H43F4N11O4/c1-62-34-3-2-4-35(38(34)45)63-30-8-5-23(6-9-30)39-37-41(49)50-22-51-42(37)58(53-39)27-13-24-16-55(17-25(24)14-27)28-20-57(21-28)29-18-56(19-29)26-7-10-31-33(15-26)59(44(46,47)48)54-40(31)32-11-12-36(60)52-43(32)61/h2-10,15,22,24-25,27-29,32H,11-14,16-21H2,1H3,(H2,49,50,51)(H,52,60,61). The van der Waals surface area contributed by atoms with Crippen LogP contribution in [0.4, 0.5) is 29.1 Å². The van der Waals surface area contributed by atoms with Gasteiger partial charge in [-0.1, -0.05) is 6.07 Å². The van der Waals surface area contributed by atoms with E-state index in [1.54, 1.807) is 36.4 Å². The average Bonchev–Trinajstić information content (AvgIpc) is 4.00. The molecule has 1 aliphatic carbocycles. The van der Waals surface area contributed by atoms with Gasteiger partial charge < -0.3 is 20.1 Å². The van der Waals surface area contributed by atoms with E-state index >= 15 is 0 Å². The van der Waals surface area contributed by atoms with Crippen molar-refractivity contribution >= 4 is 45.3 Å². The number of amides is 2. The van der Waals surface area contributed by atoms with Crippen LogP contribution < -0.4 is 25.4 Å². The summed E-state index contributed by atoms with van der Waals surface area (Å²) in [5.74, 6) is -0.559. The van der Waals surface area contributed by atoms with Crippen molar-refractivity contribution in [2.24, 2.45) is 11.8 Å². The first kappa shape index (κ1) is 39.5. The topological polar surface area (TPSA) is 162 Å². The van der Waals surface area contributed by atoms with Crippen LogP contribution in [0, 0.1) is 17.7 Å². The maximum Gasteiger partial charge on any atom is 0.505 e. The maximum absolute atomic E-state index is 14.7. The number of methoxy groups -OCH3 is 1. The number of nitrogens with one attached hydrogen (secondary N) is 1. The average molecular weight is 866 g/mol. The van der Waals surface area contributed by atoms with Gasteiger partial charge in [-0.15, -0.1) is 13.2 Å². The molecular formula is C44H43F4N11O4. The molecule has 4 aliphatic heterocycles. The van der Waals surface area contributed by atoms with E-state index in [4.69, 9.17) is 20.3 Å². The molecular weight excluding hydrogens is 823 g/mol. The van der Waals surface area contributed by atoms with Crippen LogP contribution in [0.5, 0.6) is 17.2 Å². The van der Waals surface area contributed by atoms with Crippen molar-refractivity contribution in [3.8, 4) is 28.5 Å². The summed E-state index contributed by atoms with van der Waals surface area (Å²) < 4.78 is 70.2. The lowest BCUT2D eigenvalue weighted by Crippen LogP contribution is -2.69. The number of carbonyl (C=O) groups is 2. The predicted molar refractivity (Wildman–Crippen MR) is 223 cm³/mol. The highest BCUT2D eigenvalue weighted by atomic mass is 19.4. The Bertz CT molecular complexity index is 2770. The number of alkyl halides is 3. The van der Waals surface area contributed by atoms with E-state index in [1.165, 1.54) is 25.6 Å². The zero-order chi connectivity index (χ0) is 43.3. The number of likely N-dealkylation sites (tertiary alicyclic amines) is 2. The molecule has 3 aromatic carbocycles. The minimum absolute atomic E-state index is 0.0359. The van der Waals surface area contributed by atoms with Gasteiger partial charge in [0.1, 0.15) is 23.6 Å². The van der Waals surface area contributed by atoms with Crippen LogP contribution in [-0.2, 0) is 15.9 Å². The lowest BCUT2D eigenvalue weighted by Gasteiger charge is -2.54. The van der Waals surface area contributed by atoms with Crippen molar-refractivity contribution in [1.29, 1.82) is 0 Å². The lowest BCUT2D eigenvalue weighted by molar-refractivity contribution is -0.209. The minimum atomic E-state index is -4.77. The molecule has 0 spiro atoms. The molecule has 5 aliphatic rings. The third-order valence-electron chi connectivity index (χ3n) is 13.8. The smallest absolute Gasteiger partial charge is 0.494 e. The number of piperidine rings is 1. The summed E-state index contributed by atoms with van der Waals surface area (Å²) in [7, 11) is 1.40. The summed E-state index contributed by atoms with van der Waals surface area (Å²) in [4.78, 5) is 40.3. The lowest BCUT2D eigenvalue weighted by atomic mass is 9.92. The molecule has 19 heteroatoms. The zero-order valence-electron chi connectivity index (χ0n) is 34.1. The Hall–Kier alpha value is -6.34. The molecule has 3 aromatic heterocycles. The number of anilines is 2. The highest BCUT2D eigenvalue weighted by Crippen LogP contribution is 2.47. The van der Waals surface area contributed by atoms with E-state index in [-0.39, 0.29) is 51.7 Å². The number of nitrogens with two attached hydrogens (primary N) is 1. The molecule has 4 saturated heterocycles. The van der Waals surface area contributed by atoms with E-state index in [0.717, 1.165) is 44.6 Å². The number of benzene rings is 3. The van der Waals surface area contributed by atoms with Gasteiger partial charge >= 0.3 is 6.30 Å². The quantitative estimate of drug-likeness (QED) is 0.133. The number of imide groups is 1. The fraction of sp³-hybridized carbons (Fsp3) is 0.409. The van der Waals surface area contributed by atoms with E-state index in [9.17, 15) is 27.2 Å². The van der Waals surface area contributed by atoms with Gasteiger partial charge in [-0.2, -0.15) is 19.3 Å². The highest BCUT2D eigenvalue weighted by Gasteiger charge is 2.48. The van der Waals surface area contributed by atoms with Gasteiger partial charge in [-0.3, -0.25) is 24.7 Å². The summed E-state index contributed by atoms with van der Waals surface area (Å²) in [5, 5.41) is 12.1. The van der Waals surface area contributed by atoms with Crippen LogP contribution in [0.1, 0.15) is 43.3 Å². The molecule has 3 unspecified atom stereocenters. The van der Waals surface area contributed by atoms with Crippen LogP contribution >= 0.6 is 0 Å². The molecule has 2 amide bonds. The Morgan fingerprint density at radius 1 is 0.841 bits per heavy atom. The first-order valence-electron chi connectivity index (χ1n) is 21.2. The SMILES string of the molecule is COc1cccc(Oc2ccc(-c3nn(C4CC5CN(C6CN(C7CN(c8ccc9c(C%10CCC(=O)NC%10=O)nn(C(F)(F)F)c9c8)C7)C6)CC5C4)c4ncnc(N)c34)cc2)c1F. The van der Waals surface area contributed by atoms with Crippen molar-refractivity contribution in [3.63, 3.8) is 0 Å². The number of fused-ring (bicyclic) bond motifs is 3. The largest absolute Gasteiger partial charge is 0.505 e. The molecule has 6 aromatic rings. The molecule has 15 nitrogen and oxygen atoms in total. The van der Waals surface area contributed by atoms with Crippen LogP contribution in [0.3, 0.4) is 0 Å². The monoisotopic (exact) mass is 865 g/mol. The number of nitrogens with zero attached hydrogens (tertiary/aromatic N) is 9. The Morgan fingerprint density at radius 3 is 2.27 bits per heavy atom. The minimum Gasteiger partial charge on any atom is -0.494 e. The van der Waals surface area contributed by atoms with Crippen LogP contribution in [0.15, 0.2) is 67.0 Å². The summed E-state index contributed by atoms with van der Waals surface area (Å²) in [6.45, 7) is 5.36. The van der Waals surface area contributed by atoms with Crippen LogP contribution in [0.2, 0.25) is 0 Å². The van der Waals surface area contributed by atoms with E-state index < -0.39 is 29.8 Å². The number of rotatable bonds is 9. The number of halogens is 4.